The van der Waals surface area contributed by atoms with Gasteiger partial charge in [-0.2, -0.15) is 0 Å². The fraction of sp³-hybridized carbons (Fsp3) is 0.333. The van der Waals surface area contributed by atoms with Gasteiger partial charge in [0.15, 0.2) is 11.5 Å². The predicted molar refractivity (Wildman–Crippen MR) is 99.1 cm³/mol. The molecule has 0 bridgehead atoms. The molecule has 8 heteroatoms. The van der Waals surface area contributed by atoms with Crippen LogP contribution in [0.15, 0.2) is 47.4 Å². The van der Waals surface area contributed by atoms with Gasteiger partial charge in [-0.05, 0) is 43.2 Å². The molecule has 0 radical (unpaired) electrons. The molecule has 4 N–H and O–H groups in total. The highest BCUT2D eigenvalue weighted by molar-refractivity contribution is 7.89. The molecule has 2 aromatic carbocycles. The zero-order valence-corrected chi connectivity index (χ0v) is 15.2. The number of nitrogens with two attached hydrogens (primary N) is 1. The number of phenolic OH excluding ortho intramolecular Hbond substituents is 1. The van der Waals surface area contributed by atoms with E-state index in [4.69, 9.17) is 20.1 Å². The molecule has 0 aromatic heterocycles. The second-order valence-electron chi connectivity index (χ2n) is 5.58. The van der Waals surface area contributed by atoms with Gasteiger partial charge in [0.1, 0.15) is 17.2 Å². The standard InChI is InChI=1S/C18H24N2O5S/c1-13(20-9-10-25-16-6-4-3-5-15(16)21)11-14-7-8-17(24-2)18(12-14)26(19,22)23/h3-8,12-13,20-21H,9-11H2,1-2H3,(H2,19,22,23)/t13-/m1/s1/i9D2,10D2. The minimum atomic E-state index is -4.02. The van der Waals surface area contributed by atoms with Crippen LogP contribution in [0.4, 0.5) is 0 Å². The van der Waals surface area contributed by atoms with E-state index in [1.54, 1.807) is 13.0 Å². The summed E-state index contributed by atoms with van der Waals surface area (Å²) in [4.78, 5) is -0.198. The quantitative estimate of drug-likeness (QED) is 0.606. The first-order chi connectivity index (χ1) is 13.8. The third-order valence-corrected chi connectivity index (χ3v) is 4.40. The number of primary sulfonamides is 1. The van der Waals surface area contributed by atoms with Gasteiger partial charge in [-0.15, -0.1) is 0 Å². The Kier molecular flexibility index (Phi) is 5.07. The molecule has 0 aliphatic carbocycles. The molecule has 0 amide bonds. The molecule has 0 unspecified atom stereocenters. The number of ether oxygens (including phenoxy) is 2. The average molecular weight is 384 g/mol. The van der Waals surface area contributed by atoms with E-state index in [0.717, 1.165) is 0 Å². The summed E-state index contributed by atoms with van der Waals surface area (Å²) in [7, 11) is -2.71. The zero-order valence-electron chi connectivity index (χ0n) is 18.4. The van der Waals surface area contributed by atoms with E-state index in [9.17, 15) is 13.5 Å². The van der Waals surface area contributed by atoms with Crippen LogP contribution in [-0.2, 0) is 16.4 Å². The first kappa shape index (κ1) is 14.8. The maximum Gasteiger partial charge on any atom is 0.241 e. The minimum absolute atomic E-state index is 0.0876. The number of para-hydroxylation sites is 2. The van der Waals surface area contributed by atoms with Crippen LogP contribution in [0, 0.1) is 0 Å². The van der Waals surface area contributed by atoms with Crippen LogP contribution in [0.2, 0.25) is 0 Å². The molecule has 0 saturated heterocycles. The number of methoxy groups -OCH3 is 1. The topological polar surface area (TPSA) is 111 Å². The summed E-state index contributed by atoms with van der Waals surface area (Å²) in [6.45, 7) is -3.87. The molecule has 142 valence electrons. The molecule has 26 heavy (non-hydrogen) atoms. The largest absolute Gasteiger partial charge is 0.504 e. The average Bonchev–Trinajstić information content (AvgIpc) is 2.62. The number of nitrogens with one attached hydrogen (secondary N) is 1. The van der Waals surface area contributed by atoms with Crippen molar-refractivity contribution in [1.82, 2.24) is 5.32 Å². The fourth-order valence-corrected chi connectivity index (χ4v) is 3.00. The molecule has 0 saturated carbocycles. The van der Waals surface area contributed by atoms with Crippen molar-refractivity contribution in [3.8, 4) is 17.2 Å². The summed E-state index contributed by atoms with van der Waals surface area (Å²) in [6, 6.07) is 9.41. The van der Waals surface area contributed by atoms with Crippen LogP contribution < -0.4 is 19.9 Å². The van der Waals surface area contributed by atoms with Gasteiger partial charge >= 0.3 is 0 Å². The molecule has 2 rings (SSSR count). The van der Waals surface area contributed by atoms with Crippen LogP contribution in [0.1, 0.15) is 18.0 Å². The van der Waals surface area contributed by atoms with Crippen LogP contribution >= 0.6 is 0 Å². The summed E-state index contributed by atoms with van der Waals surface area (Å²) in [6.07, 6.45) is 0.165. The molecule has 7 nitrogen and oxygen atoms in total. The van der Waals surface area contributed by atoms with E-state index in [2.05, 4.69) is 5.32 Å². The summed E-state index contributed by atoms with van der Waals surface area (Å²) >= 11 is 0. The third-order valence-electron chi connectivity index (χ3n) is 3.47. The van der Waals surface area contributed by atoms with Crippen LogP contribution in [0.3, 0.4) is 0 Å². The second-order valence-corrected chi connectivity index (χ2v) is 7.11. The molecule has 0 spiro atoms. The van der Waals surface area contributed by atoms with Crippen molar-refractivity contribution in [3.63, 3.8) is 0 Å². The predicted octanol–water partition coefficient (Wildman–Crippen LogP) is 1.65. The summed E-state index contributed by atoms with van der Waals surface area (Å²) < 4.78 is 65.7. The molecule has 0 aliphatic rings. The lowest BCUT2D eigenvalue weighted by Crippen LogP contribution is -2.31. The number of aromatic hydroxyl groups is 1. The van der Waals surface area contributed by atoms with Crippen LogP contribution in [0.25, 0.3) is 0 Å². The van der Waals surface area contributed by atoms with E-state index in [0.29, 0.717) is 5.56 Å². The Hall–Kier alpha value is -2.29. The molecule has 1 atom stereocenters. The number of rotatable bonds is 9. The van der Waals surface area contributed by atoms with Crippen molar-refractivity contribution >= 4 is 10.0 Å². The molecular formula is C18H24N2O5S. The lowest BCUT2D eigenvalue weighted by Gasteiger charge is -2.16. The SMILES string of the molecule is [2H]C([2H])(N[C@H](C)Cc1ccc(OC)c(S(N)(=O)=O)c1)C([2H])([2H])Oc1ccccc1O. The normalized spacial score (nSPS) is 16.0. The first-order valence-corrected chi connectivity index (χ1v) is 9.26. The highest BCUT2D eigenvalue weighted by Gasteiger charge is 2.16. The Morgan fingerprint density at radius 1 is 1.27 bits per heavy atom. The fourth-order valence-electron chi connectivity index (χ4n) is 2.25. The van der Waals surface area contributed by atoms with Crippen molar-refractivity contribution < 1.29 is 28.5 Å². The minimum Gasteiger partial charge on any atom is -0.504 e. The van der Waals surface area contributed by atoms with Gasteiger partial charge in [-0.3, -0.25) is 0 Å². The molecule has 0 fully saturated rings. The van der Waals surface area contributed by atoms with E-state index in [-0.39, 0.29) is 28.6 Å². The van der Waals surface area contributed by atoms with Crippen molar-refractivity contribution in [2.45, 2.75) is 24.3 Å². The zero-order chi connectivity index (χ0) is 22.7. The maximum absolute atomic E-state index is 11.7. The Labute approximate surface area is 159 Å². The monoisotopic (exact) mass is 384 g/mol. The van der Waals surface area contributed by atoms with E-state index < -0.39 is 29.1 Å². The highest BCUT2D eigenvalue weighted by atomic mass is 32.2. The third kappa shape index (κ3) is 5.62. The Morgan fingerprint density at radius 2 is 2.00 bits per heavy atom. The number of benzene rings is 2. The van der Waals surface area contributed by atoms with E-state index in [1.165, 1.54) is 43.5 Å². The van der Waals surface area contributed by atoms with Crippen LogP contribution in [-0.4, -0.2) is 39.7 Å². The number of hydrogen-bond acceptors (Lipinski definition) is 6. The molecule has 0 aliphatic heterocycles. The van der Waals surface area contributed by atoms with Gasteiger partial charge in [-0.25, -0.2) is 13.6 Å². The van der Waals surface area contributed by atoms with Gasteiger partial charge < -0.3 is 19.9 Å². The Balaban J connectivity index is 2.16. The lowest BCUT2D eigenvalue weighted by molar-refractivity contribution is 0.291. The second kappa shape index (κ2) is 8.88. The highest BCUT2D eigenvalue weighted by Crippen LogP contribution is 2.25. The molecular weight excluding hydrogens is 356 g/mol. The maximum atomic E-state index is 11.7. The van der Waals surface area contributed by atoms with Crippen molar-refractivity contribution in [3.05, 3.63) is 48.0 Å². The molecule has 2 aromatic rings. The number of hydrogen-bond donors (Lipinski definition) is 3. The summed E-state index contributed by atoms with van der Waals surface area (Å²) in [5.41, 5.74) is 0.526. The van der Waals surface area contributed by atoms with E-state index >= 15 is 0 Å². The molecule has 0 heterocycles. The first-order valence-electron chi connectivity index (χ1n) is 9.71. The van der Waals surface area contributed by atoms with Crippen molar-refractivity contribution in [1.29, 1.82) is 0 Å². The number of phenols is 1. The van der Waals surface area contributed by atoms with Gasteiger partial charge in [0, 0.05) is 15.3 Å². The van der Waals surface area contributed by atoms with Gasteiger partial charge in [-0.1, -0.05) is 18.2 Å². The van der Waals surface area contributed by atoms with Gasteiger partial charge in [0.25, 0.3) is 0 Å². The lowest BCUT2D eigenvalue weighted by atomic mass is 10.1. The van der Waals surface area contributed by atoms with Gasteiger partial charge in [0.2, 0.25) is 10.0 Å². The smallest absolute Gasteiger partial charge is 0.241 e. The summed E-state index contributed by atoms with van der Waals surface area (Å²) in [5.74, 6) is -0.433. The summed E-state index contributed by atoms with van der Waals surface area (Å²) in [5, 5.41) is 17.5. The Morgan fingerprint density at radius 3 is 2.65 bits per heavy atom. The van der Waals surface area contributed by atoms with Crippen molar-refractivity contribution in [2.24, 2.45) is 5.14 Å². The van der Waals surface area contributed by atoms with Gasteiger partial charge in [0.05, 0.1) is 9.85 Å². The Bertz CT molecular complexity index is 1000. The van der Waals surface area contributed by atoms with Crippen LogP contribution in [0.5, 0.6) is 17.2 Å². The van der Waals surface area contributed by atoms with Crippen molar-refractivity contribution in [2.75, 3.05) is 20.2 Å². The number of sulfonamides is 1. The van der Waals surface area contributed by atoms with E-state index in [1.807, 2.05) is 0 Å².